The van der Waals surface area contributed by atoms with Crippen LogP contribution in [0.3, 0.4) is 0 Å². The number of hydrogen-bond acceptors (Lipinski definition) is 8. The summed E-state index contributed by atoms with van der Waals surface area (Å²) in [7, 11) is 0. The van der Waals surface area contributed by atoms with Gasteiger partial charge in [-0.2, -0.15) is 4.98 Å². The van der Waals surface area contributed by atoms with Crippen LogP contribution in [-0.4, -0.2) is 43.5 Å². The molecule has 11 nitrogen and oxygen atoms in total. The van der Waals surface area contributed by atoms with Crippen LogP contribution in [0.15, 0.2) is 27.6 Å². The van der Waals surface area contributed by atoms with E-state index < -0.39 is 21.9 Å². The van der Waals surface area contributed by atoms with E-state index in [9.17, 15) is 19.7 Å². The molecule has 0 aliphatic heterocycles. The van der Waals surface area contributed by atoms with Crippen molar-refractivity contribution >= 4 is 11.6 Å². The van der Waals surface area contributed by atoms with Crippen LogP contribution in [0, 0.1) is 10.1 Å². The average Bonchev–Trinajstić information content (AvgIpc) is 3.38. The first-order chi connectivity index (χ1) is 14.4. The van der Waals surface area contributed by atoms with E-state index >= 15 is 0 Å². The molecule has 0 atom stereocenters. The minimum Gasteiger partial charge on any atom is -0.342 e. The Bertz CT molecular complexity index is 958. The number of nitrogens with one attached hydrogen (secondary N) is 1. The van der Waals surface area contributed by atoms with Crippen molar-refractivity contribution in [3.05, 3.63) is 50.5 Å². The zero-order chi connectivity index (χ0) is 21.7. The topological polar surface area (TPSA) is 136 Å². The van der Waals surface area contributed by atoms with Crippen molar-refractivity contribution in [2.24, 2.45) is 0 Å². The Morgan fingerprint density at radius 1 is 1.33 bits per heavy atom. The maximum absolute atomic E-state index is 12.7. The van der Waals surface area contributed by atoms with Gasteiger partial charge in [-0.05, 0) is 25.9 Å². The highest BCUT2D eigenvalue weighted by molar-refractivity contribution is 5.76. The number of carbonyl (C=O) groups excluding carboxylic acids is 1. The second-order valence-electron chi connectivity index (χ2n) is 7.42. The van der Waals surface area contributed by atoms with Gasteiger partial charge >= 0.3 is 0 Å². The third kappa shape index (κ3) is 4.73. The Morgan fingerprint density at radius 2 is 2.03 bits per heavy atom. The molecule has 0 aromatic carbocycles. The highest BCUT2D eigenvalue weighted by Gasteiger charge is 2.41. The third-order valence-electron chi connectivity index (χ3n) is 5.48. The average molecular weight is 418 g/mol. The number of carbonyl (C=O) groups is 1. The van der Waals surface area contributed by atoms with Gasteiger partial charge in [0.1, 0.15) is 12.1 Å². The van der Waals surface area contributed by atoms with Gasteiger partial charge in [0.2, 0.25) is 11.8 Å². The van der Waals surface area contributed by atoms with Gasteiger partial charge in [0.25, 0.3) is 11.2 Å². The Balaban J connectivity index is 1.77. The molecule has 1 saturated carbocycles. The fraction of sp³-hybridized carbons (Fsp3) is 0.579. The molecule has 3 rings (SSSR count). The van der Waals surface area contributed by atoms with Gasteiger partial charge in [0.05, 0.1) is 17.7 Å². The van der Waals surface area contributed by atoms with E-state index in [2.05, 4.69) is 34.2 Å². The molecule has 1 N–H and O–H groups in total. The van der Waals surface area contributed by atoms with Crippen molar-refractivity contribution in [3.63, 3.8) is 0 Å². The van der Waals surface area contributed by atoms with Gasteiger partial charge in [-0.3, -0.25) is 29.2 Å². The molecule has 0 unspecified atom stereocenters. The number of pyridine rings is 1. The van der Waals surface area contributed by atoms with E-state index in [1.165, 1.54) is 0 Å². The van der Waals surface area contributed by atoms with Gasteiger partial charge in [-0.1, -0.05) is 31.8 Å². The Kier molecular flexibility index (Phi) is 6.60. The first kappa shape index (κ1) is 21.6. The van der Waals surface area contributed by atoms with Crippen LogP contribution in [0.1, 0.15) is 51.2 Å². The minimum absolute atomic E-state index is 0.253. The summed E-state index contributed by atoms with van der Waals surface area (Å²) in [6.45, 7) is 6.02. The normalized spacial score (nSPS) is 15.4. The predicted molar refractivity (Wildman–Crippen MR) is 107 cm³/mol. The fourth-order valence-electron chi connectivity index (χ4n) is 3.75. The van der Waals surface area contributed by atoms with Crippen LogP contribution >= 0.6 is 0 Å². The third-order valence-corrected chi connectivity index (χ3v) is 5.48. The molecule has 1 aliphatic carbocycles. The Labute approximate surface area is 173 Å². The largest absolute Gasteiger partial charge is 0.342 e. The molecular formula is C19H26N6O5. The smallest absolute Gasteiger partial charge is 0.285 e. The van der Waals surface area contributed by atoms with Crippen molar-refractivity contribution in [1.29, 1.82) is 0 Å². The number of amides is 1. The van der Waals surface area contributed by atoms with E-state index in [0.29, 0.717) is 31.1 Å². The van der Waals surface area contributed by atoms with E-state index in [0.717, 1.165) is 48.8 Å². The molecule has 2 aromatic heterocycles. The minimum atomic E-state index is -0.758. The highest BCUT2D eigenvalue weighted by atomic mass is 16.6. The molecule has 1 amide bonds. The Morgan fingerprint density at radius 3 is 2.67 bits per heavy atom. The maximum Gasteiger partial charge on any atom is 0.285 e. The Hall–Kier alpha value is -3.08. The summed E-state index contributed by atoms with van der Waals surface area (Å²) in [5.41, 5.74) is -1.50. The van der Waals surface area contributed by atoms with Crippen molar-refractivity contribution in [2.75, 3.05) is 13.1 Å². The van der Waals surface area contributed by atoms with Crippen molar-refractivity contribution in [2.45, 2.75) is 58.2 Å². The molecule has 0 radical (unpaired) electrons. The van der Waals surface area contributed by atoms with Crippen LogP contribution in [0.5, 0.6) is 0 Å². The van der Waals surface area contributed by atoms with Gasteiger partial charge in [0.15, 0.2) is 5.82 Å². The summed E-state index contributed by atoms with van der Waals surface area (Å²) < 4.78 is 6.44. The lowest BCUT2D eigenvalue weighted by Gasteiger charge is -2.27. The molecule has 0 bridgehead atoms. The molecule has 0 spiro atoms. The van der Waals surface area contributed by atoms with E-state index in [1.807, 2.05) is 0 Å². The van der Waals surface area contributed by atoms with E-state index in [1.54, 1.807) is 0 Å². The van der Waals surface area contributed by atoms with Gasteiger partial charge in [-0.15, -0.1) is 0 Å². The molecule has 1 aliphatic rings. The first-order valence-electron chi connectivity index (χ1n) is 10.1. The lowest BCUT2D eigenvalue weighted by atomic mass is 9.96. The fourth-order valence-corrected chi connectivity index (χ4v) is 3.75. The molecule has 162 valence electrons. The standard InChI is InChI=1S/C19H26N6O5/c1-3-23(4-2)13-16-20-18(22-30-16)19(9-5-6-10-19)21-15(26)12-24-11-14(25(28)29)7-8-17(24)27/h7-8,11H,3-6,9-10,12-13H2,1-2H3,(H,21,26). The number of aromatic nitrogens is 3. The van der Waals surface area contributed by atoms with Crippen LogP contribution < -0.4 is 10.9 Å². The number of rotatable bonds is 9. The molecular weight excluding hydrogens is 392 g/mol. The lowest BCUT2D eigenvalue weighted by molar-refractivity contribution is -0.385. The van der Waals surface area contributed by atoms with Gasteiger partial charge in [0, 0.05) is 12.1 Å². The first-order valence-corrected chi connectivity index (χ1v) is 10.1. The van der Waals surface area contributed by atoms with Gasteiger partial charge in [-0.25, -0.2) is 0 Å². The molecule has 2 heterocycles. The molecule has 30 heavy (non-hydrogen) atoms. The number of nitrogens with zero attached hydrogens (tertiary/aromatic N) is 5. The van der Waals surface area contributed by atoms with Gasteiger partial charge < -0.3 is 9.84 Å². The summed E-state index contributed by atoms with van der Waals surface area (Å²) >= 11 is 0. The van der Waals surface area contributed by atoms with Crippen LogP contribution in [-0.2, 0) is 23.4 Å². The molecule has 0 saturated heterocycles. The summed E-state index contributed by atoms with van der Waals surface area (Å²) in [6.07, 6.45) is 4.19. The van der Waals surface area contributed by atoms with Crippen LogP contribution in [0.2, 0.25) is 0 Å². The number of nitro groups is 1. The molecule has 1 fully saturated rings. The van der Waals surface area contributed by atoms with Crippen molar-refractivity contribution in [3.8, 4) is 0 Å². The van der Waals surface area contributed by atoms with E-state index in [4.69, 9.17) is 4.52 Å². The highest BCUT2D eigenvalue weighted by Crippen LogP contribution is 2.37. The summed E-state index contributed by atoms with van der Waals surface area (Å²) in [4.78, 5) is 41.7. The van der Waals surface area contributed by atoms with Crippen LogP contribution in [0.4, 0.5) is 5.69 Å². The predicted octanol–water partition coefficient (Wildman–Crippen LogP) is 1.57. The quantitative estimate of drug-likeness (QED) is 0.479. The van der Waals surface area contributed by atoms with Crippen LogP contribution in [0.25, 0.3) is 0 Å². The second-order valence-corrected chi connectivity index (χ2v) is 7.42. The summed E-state index contributed by atoms with van der Waals surface area (Å²) in [6, 6.07) is 2.20. The summed E-state index contributed by atoms with van der Waals surface area (Å²) in [5, 5.41) is 18.0. The molecule has 11 heteroatoms. The van der Waals surface area contributed by atoms with Crippen molar-refractivity contribution < 1.29 is 14.2 Å². The zero-order valence-electron chi connectivity index (χ0n) is 17.2. The van der Waals surface area contributed by atoms with Crippen molar-refractivity contribution in [1.82, 2.24) is 24.9 Å². The zero-order valence-corrected chi connectivity index (χ0v) is 17.2. The number of hydrogen-bond donors (Lipinski definition) is 1. The lowest BCUT2D eigenvalue weighted by Crippen LogP contribution is -2.46. The second kappa shape index (κ2) is 9.16. The summed E-state index contributed by atoms with van der Waals surface area (Å²) in [5.74, 6) is 0.487. The maximum atomic E-state index is 12.7. The monoisotopic (exact) mass is 418 g/mol. The van der Waals surface area contributed by atoms with E-state index in [-0.39, 0.29) is 12.2 Å². The molecule has 2 aromatic rings. The SMILES string of the molecule is CCN(CC)Cc1nc(C2(NC(=O)Cn3cc([N+](=O)[O-])ccc3=O)CCCC2)no1.